The van der Waals surface area contributed by atoms with E-state index in [4.69, 9.17) is 5.73 Å². The zero-order valence-electron chi connectivity index (χ0n) is 11.4. The molecular formula is C14H15F3N2OS. The van der Waals surface area contributed by atoms with E-state index in [9.17, 15) is 13.2 Å². The number of nitrogens with two attached hydrogens (primary N) is 1. The van der Waals surface area contributed by atoms with Crippen molar-refractivity contribution in [1.29, 1.82) is 0 Å². The maximum Gasteiger partial charge on any atom is 0.573 e. The summed E-state index contributed by atoms with van der Waals surface area (Å²) in [5.41, 5.74) is 7.88. The number of benzene rings is 1. The van der Waals surface area contributed by atoms with Crippen molar-refractivity contribution in [2.45, 2.75) is 32.2 Å². The van der Waals surface area contributed by atoms with Crippen molar-refractivity contribution < 1.29 is 17.9 Å². The maximum absolute atomic E-state index is 12.0. The molecule has 0 aliphatic carbocycles. The van der Waals surface area contributed by atoms with Gasteiger partial charge in [-0.15, -0.1) is 24.5 Å². The zero-order chi connectivity index (χ0) is 15.5. The molecule has 1 atom stereocenters. The summed E-state index contributed by atoms with van der Waals surface area (Å²) >= 11 is 1.56. The summed E-state index contributed by atoms with van der Waals surface area (Å²) in [5.74, 6) is -0.227. The molecule has 0 spiro atoms. The molecule has 0 bridgehead atoms. The molecule has 3 nitrogen and oxygen atoms in total. The molecule has 2 aromatic rings. The molecule has 0 aliphatic rings. The molecule has 0 saturated heterocycles. The van der Waals surface area contributed by atoms with Crippen LogP contribution in [-0.4, -0.2) is 17.4 Å². The monoisotopic (exact) mass is 316 g/mol. The topological polar surface area (TPSA) is 48.1 Å². The second-order valence-electron chi connectivity index (χ2n) is 4.74. The van der Waals surface area contributed by atoms with Crippen LogP contribution in [0.3, 0.4) is 0 Å². The second kappa shape index (κ2) is 6.44. The Kier molecular flexibility index (Phi) is 4.84. The molecule has 0 aliphatic heterocycles. The molecule has 21 heavy (non-hydrogen) atoms. The summed E-state index contributed by atoms with van der Waals surface area (Å²) in [7, 11) is 0. The number of aromatic nitrogens is 1. The van der Waals surface area contributed by atoms with Gasteiger partial charge in [0.05, 0.1) is 5.01 Å². The third-order valence-electron chi connectivity index (χ3n) is 2.76. The van der Waals surface area contributed by atoms with E-state index in [1.54, 1.807) is 23.5 Å². The summed E-state index contributed by atoms with van der Waals surface area (Å²) in [6.45, 7) is 1.92. The van der Waals surface area contributed by atoms with Crippen molar-refractivity contribution in [2.75, 3.05) is 0 Å². The fourth-order valence-corrected chi connectivity index (χ4v) is 2.79. The van der Waals surface area contributed by atoms with Crippen LogP contribution in [-0.2, 0) is 12.8 Å². The highest BCUT2D eigenvalue weighted by Gasteiger charge is 2.30. The molecule has 0 fully saturated rings. The average Bonchev–Trinajstić information content (AvgIpc) is 2.75. The molecule has 0 amide bonds. The summed E-state index contributed by atoms with van der Waals surface area (Å²) in [6, 6.07) is 5.65. The lowest BCUT2D eigenvalue weighted by Gasteiger charge is -2.12. The third-order valence-corrected chi connectivity index (χ3v) is 3.75. The first-order valence-corrected chi connectivity index (χ1v) is 7.21. The predicted octanol–water partition coefficient (Wildman–Crippen LogP) is 3.46. The molecule has 1 aromatic heterocycles. The summed E-state index contributed by atoms with van der Waals surface area (Å²) in [4.78, 5) is 4.34. The highest BCUT2D eigenvalue weighted by molar-refractivity contribution is 7.09. The van der Waals surface area contributed by atoms with Crippen LogP contribution in [0.1, 0.15) is 16.3 Å². The summed E-state index contributed by atoms with van der Waals surface area (Å²) < 4.78 is 40.0. The van der Waals surface area contributed by atoms with Crippen LogP contribution in [0.5, 0.6) is 5.75 Å². The van der Waals surface area contributed by atoms with Crippen LogP contribution in [0.2, 0.25) is 0 Å². The van der Waals surface area contributed by atoms with E-state index in [1.165, 1.54) is 12.1 Å². The fourth-order valence-electron chi connectivity index (χ4n) is 1.92. The van der Waals surface area contributed by atoms with E-state index in [1.807, 2.05) is 12.3 Å². The van der Waals surface area contributed by atoms with Crippen molar-refractivity contribution in [3.63, 3.8) is 0 Å². The predicted molar refractivity (Wildman–Crippen MR) is 75.4 cm³/mol. The van der Waals surface area contributed by atoms with Crippen LogP contribution in [0, 0.1) is 6.92 Å². The molecular weight excluding hydrogens is 301 g/mol. The number of nitrogens with zero attached hydrogens (tertiary/aromatic N) is 1. The van der Waals surface area contributed by atoms with Gasteiger partial charge in [0.15, 0.2) is 0 Å². The lowest BCUT2D eigenvalue weighted by atomic mass is 10.0. The van der Waals surface area contributed by atoms with E-state index in [2.05, 4.69) is 9.72 Å². The van der Waals surface area contributed by atoms with E-state index >= 15 is 0 Å². The van der Waals surface area contributed by atoms with E-state index in [0.29, 0.717) is 12.8 Å². The normalized spacial score (nSPS) is 13.2. The first kappa shape index (κ1) is 15.8. The van der Waals surface area contributed by atoms with Gasteiger partial charge < -0.3 is 10.5 Å². The van der Waals surface area contributed by atoms with Gasteiger partial charge in [0, 0.05) is 23.5 Å². The number of hydrogen-bond acceptors (Lipinski definition) is 4. The van der Waals surface area contributed by atoms with Gasteiger partial charge >= 0.3 is 6.36 Å². The van der Waals surface area contributed by atoms with Crippen LogP contribution in [0.15, 0.2) is 29.6 Å². The molecule has 2 N–H and O–H groups in total. The fraction of sp³-hybridized carbons (Fsp3) is 0.357. The lowest BCUT2D eigenvalue weighted by Crippen LogP contribution is -2.25. The van der Waals surface area contributed by atoms with Gasteiger partial charge in [0.2, 0.25) is 0 Å². The molecule has 0 saturated carbocycles. The molecule has 0 radical (unpaired) electrons. The van der Waals surface area contributed by atoms with Crippen molar-refractivity contribution in [3.8, 4) is 5.75 Å². The number of hydrogen-bond donors (Lipinski definition) is 1. The van der Waals surface area contributed by atoms with Gasteiger partial charge in [0.25, 0.3) is 0 Å². The highest BCUT2D eigenvalue weighted by Crippen LogP contribution is 2.23. The number of alkyl halides is 3. The number of rotatable bonds is 5. The van der Waals surface area contributed by atoms with E-state index in [-0.39, 0.29) is 11.8 Å². The average molecular weight is 316 g/mol. The zero-order valence-corrected chi connectivity index (χ0v) is 12.2. The molecule has 2 rings (SSSR count). The van der Waals surface area contributed by atoms with Gasteiger partial charge in [0.1, 0.15) is 5.75 Å². The van der Waals surface area contributed by atoms with Gasteiger partial charge in [-0.1, -0.05) is 12.1 Å². The number of halogens is 3. The van der Waals surface area contributed by atoms with Gasteiger partial charge in [-0.05, 0) is 31.0 Å². The SMILES string of the molecule is Cc1csc(CC(N)Cc2ccc(OC(F)(F)F)cc2)n1. The summed E-state index contributed by atoms with van der Waals surface area (Å²) in [6.07, 6.45) is -3.44. The Hall–Kier alpha value is -1.60. The Morgan fingerprint density at radius 2 is 1.90 bits per heavy atom. The molecule has 1 aromatic carbocycles. The largest absolute Gasteiger partial charge is 0.573 e. The van der Waals surface area contributed by atoms with Crippen LogP contribution >= 0.6 is 11.3 Å². The molecule has 1 unspecified atom stereocenters. The summed E-state index contributed by atoms with van der Waals surface area (Å²) in [5, 5.41) is 2.93. The van der Waals surface area contributed by atoms with Crippen molar-refractivity contribution in [3.05, 3.63) is 45.9 Å². The first-order valence-electron chi connectivity index (χ1n) is 6.33. The van der Waals surface area contributed by atoms with Crippen LogP contribution in [0.25, 0.3) is 0 Å². The Bertz CT molecular complexity index is 581. The minimum absolute atomic E-state index is 0.120. The third kappa shape index (κ3) is 5.35. The molecule has 114 valence electrons. The lowest BCUT2D eigenvalue weighted by molar-refractivity contribution is -0.274. The first-order chi connectivity index (χ1) is 9.82. The molecule has 7 heteroatoms. The minimum Gasteiger partial charge on any atom is -0.406 e. The Morgan fingerprint density at radius 3 is 2.43 bits per heavy atom. The van der Waals surface area contributed by atoms with E-state index < -0.39 is 6.36 Å². The highest BCUT2D eigenvalue weighted by atomic mass is 32.1. The quantitative estimate of drug-likeness (QED) is 0.919. The number of thiazole rings is 1. The Balaban J connectivity index is 1.90. The van der Waals surface area contributed by atoms with Crippen LogP contribution in [0.4, 0.5) is 13.2 Å². The van der Waals surface area contributed by atoms with Gasteiger partial charge in [-0.3, -0.25) is 0 Å². The van der Waals surface area contributed by atoms with Crippen LogP contribution < -0.4 is 10.5 Å². The van der Waals surface area contributed by atoms with Gasteiger partial charge in [-0.25, -0.2) is 4.98 Å². The van der Waals surface area contributed by atoms with Crippen molar-refractivity contribution >= 4 is 11.3 Å². The smallest absolute Gasteiger partial charge is 0.406 e. The van der Waals surface area contributed by atoms with Gasteiger partial charge in [-0.2, -0.15) is 0 Å². The number of ether oxygens (including phenoxy) is 1. The molecule has 1 heterocycles. The van der Waals surface area contributed by atoms with E-state index in [0.717, 1.165) is 16.3 Å². The Labute approximate surface area is 124 Å². The van der Waals surface area contributed by atoms with Crippen molar-refractivity contribution in [1.82, 2.24) is 4.98 Å². The minimum atomic E-state index is -4.67. The number of aryl methyl sites for hydroxylation is 1. The van der Waals surface area contributed by atoms with Crippen molar-refractivity contribution in [2.24, 2.45) is 5.73 Å². The second-order valence-corrected chi connectivity index (χ2v) is 5.69. The standard InChI is InChI=1S/C14H15F3N2OS/c1-9-8-21-13(19-9)7-11(18)6-10-2-4-12(5-3-10)20-14(15,16)17/h2-5,8,11H,6-7,18H2,1H3. The maximum atomic E-state index is 12.0. The Morgan fingerprint density at radius 1 is 1.24 bits per heavy atom.